The highest BCUT2D eigenvalue weighted by Crippen LogP contribution is 2.20. The standard InChI is InChI=1S/C11H14N2O3/c1-11(2,3)10(14)12-8-5-4-6-9(7-8)13(15)16/h4-7H,1-3H3,(H,12,14). The van der Waals surface area contributed by atoms with Crippen LogP contribution in [0.2, 0.25) is 0 Å². The fraction of sp³-hybridized carbons (Fsp3) is 0.364. The number of hydrogen-bond acceptors (Lipinski definition) is 3. The van der Waals surface area contributed by atoms with Crippen molar-refractivity contribution in [1.29, 1.82) is 0 Å². The van der Waals surface area contributed by atoms with Gasteiger partial charge in [-0.25, -0.2) is 0 Å². The molecule has 0 radical (unpaired) electrons. The van der Waals surface area contributed by atoms with Gasteiger partial charge in [-0.1, -0.05) is 26.8 Å². The SMILES string of the molecule is CC(C)(C)C(=O)Nc1cccc([N+](=O)[O-])c1. The number of amides is 1. The zero-order chi connectivity index (χ0) is 12.3. The van der Waals surface area contributed by atoms with E-state index in [0.717, 1.165) is 0 Å². The summed E-state index contributed by atoms with van der Waals surface area (Å²) in [6.45, 7) is 5.33. The largest absolute Gasteiger partial charge is 0.325 e. The number of rotatable bonds is 2. The molecule has 1 aromatic rings. The monoisotopic (exact) mass is 222 g/mol. The van der Waals surface area contributed by atoms with Crippen LogP contribution in [0.25, 0.3) is 0 Å². The zero-order valence-electron chi connectivity index (χ0n) is 9.48. The van der Waals surface area contributed by atoms with Crippen LogP contribution in [-0.2, 0) is 4.79 Å². The molecule has 1 aromatic carbocycles. The van der Waals surface area contributed by atoms with E-state index in [1.807, 2.05) is 0 Å². The van der Waals surface area contributed by atoms with Crippen LogP contribution < -0.4 is 5.32 Å². The van der Waals surface area contributed by atoms with Crippen LogP contribution in [0.15, 0.2) is 24.3 Å². The third-order valence-corrected chi connectivity index (χ3v) is 2.00. The highest BCUT2D eigenvalue weighted by atomic mass is 16.6. The third-order valence-electron chi connectivity index (χ3n) is 2.00. The van der Waals surface area contributed by atoms with Crippen LogP contribution in [0.1, 0.15) is 20.8 Å². The molecular formula is C11H14N2O3. The van der Waals surface area contributed by atoms with Gasteiger partial charge in [-0.15, -0.1) is 0 Å². The van der Waals surface area contributed by atoms with Gasteiger partial charge in [0.15, 0.2) is 0 Å². The summed E-state index contributed by atoms with van der Waals surface area (Å²) in [6, 6.07) is 5.88. The first-order valence-electron chi connectivity index (χ1n) is 4.86. The highest BCUT2D eigenvalue weighted by molar-refractivity contribution is 5.94. The molecule has 86 valence electrons. The number of hydrogen-bond donors (Lipinski definition) is 1. The number of benzene rings is 1. The first kappa shape index (κ1) is 12.2. The molecule has 1 rings (SSSR count). The first-order valence-corrected chi connectivity index (χ1v) is 4.86. The molecule has 0 aliphatic heterocycles. The minimum Gasteiger partial charge on any atom is -0.325 e. The van der Waals surface area contributed by atoms with Gasteiger partial charge in [0.25, 0.3) is 5.69 Å². The van der Waals surface area contributed by atoms with Gasteiger partial charge >= 0.3 is 0 Å². The maximum absolute atomic E-state index is 11.6. The van der Waals surface area contributed by atoms with Gasteiger partial charge in [0.2, 0.25) is 5.91 Å². The Labute approximate surface area is 93.6 Å². The third kappa shape index (κ3) is 3.05. The van der Waals surface area contributed by atoms with Gasteiger partial charge in [0, 0.05) is 23.2 Å². The molecule has 0 fully saturated rings. The molecule has 0 spiro atoms. The maximum atomic E-state index is 11.6. The van der Waals surface area contributed by atoms with Crippen molar-refractivity contribution in [2.75, 3.05) is 5.32 Å². The van der Waals surface area contributed by atoms with Crippen molar-refractivity contribution in [2.45, 2.75) is 20.8 Å². The van der Waals surface area contributed by atoms with E-state index in [0.29, 0.717) is 5.69 Å². The van der Waals surface area contributed by atoms with Crippen molar-refractivity contribution >= 4 is 17.3 Å². The van der Waals surface area contributed by atoms with E-state index in [1.54, 1.807) is 26.8 Å². The van der Waals surface area contributed by atoms with Gasteiger partial charge in [-0.3, -0.25) is 14.9 Å². The Hall–Kier alpha value is -1.91. The summed E-state index contributed by atoms with van der Waals surface area (Å²) < 4.78 is 0. The molecule has 1 N–H and O–H groups in total. The van der Waals surface area contributed by atoms with Gasteiger partial charge < -0.3 is 5.32 Å². The lowest BCUT2D eigenvalue weighted by Gasteiger charge is -2.17. The van der Waals surface area contributed by atoms with E-state index in [-0.39, 0.29) is 11.6 Å². The van der Waals surface area contributed by atoms with Gasteiger partial charge in [0.05, 0.1) is 4.92 Å². The summed E-state index contributed by atoms with van der Waals surface area (Å²) in [5.74, 6) is -0.173. The normalized spacial score (nSPS) is 10.9. The number of carbonyl (C=O) groups is 1. The molecule has 0 saturated heterocycles. The molecule has 0 unspecified atom stereocenters. The number of anilines is 1. The predicted octanol–water partition coefficient (Wildman–Crippen LogP) is 2.58. The number of nitrogens with zero attached hydrogens (tertiary/aromatic N) is 1. The molecule has 0 aliphatic rings. The minimum atomic E-state index is -0.523. The Morgan fingerprint density at radius 2 is 2.00 bits per heavy atom. The van der Waals surface area contributed by atoms with Crippen LogP contribution in [-0.4, -0.2) is 10.8 Å². The maximum Gasteiger partial charge on any atom is 0.271 e. The Morgan fingerprint density at radius 1 is 1.38 bits per heavy atom. The molecule has 1 amide bonds. The Bertz CT molecular complexity index is 421. The highest BCUT2D eigenvalue weighted by Gasteiger charge is 2.21. The van der Waals surface area contributed by atoms with E-state index in [9.17, 15) is 14.9 Å². The van der Waals surface area contributed by atoms with Gasteiger partial charge in [-0.2, -0.15) is 0 Å². The lowest BCUT2D eigenvalue weighted by molar-refractivity contribution is -0.384. The first-order chi connectivity index (χ1) is 7.30. The smallest absolute Gasteiger partial charge is 0.271 e. The number of nitrogens with one attached hydrogen (secondary N) is 1. The predicted molar refractivity (Wildman–Crippen MR) is 61.2 cm³/mol. The second-order valence-electron chi connectivity index (χ2n) is 4.51. The molecule has 0 aliphatic carbocycles. The molecule has 0 heterocycles. The Morgan fingerprint density at radius 3 is 2.50 bits per heavy atom. The van der Waals surface area contributed by atoms with Crippen molar-refractivity contribution < 1.29 is 9.72 Å². The summed E-state index contributed by atoms with van der Waals surface area (Å²) in [4.78, 5) is 21.7. The van der Waals surface area contributed by atoms with Crippen LogP contribution in [0.3, 0.4) is 0 Å². The topological polar surface area (TPSA) is 72.2 Å². The van der Waals surface area contributed by atoms with Crippen LogP contribution >= 0.6 is 0 Å². The van der Waals surface area contributed by atoms with Crippen LogP contribution in [0, 0.1) is 15.5 Å². The van der Waals surface area contributed by atoms with E-state index >= 15 is 0 Å². The van der Waals surface area contributed by atoms with Crippen LogP contribution in [0.5, 0.6) is 0 Å². The molecular weight excluding hydrogens is 208 g/mol. The quantitative estimate of drug-likeness (QED) is 0.617. The average Bonchev–Trinajstić information content (AvgIpc) is 2.16. The number of carbonyl (C=O) groups excluding carboxylic acids is 1. The van der Waals surface area contributed by atoms with Gasteiger partial charge in [0.1, 0.15) is 0 Å². The summed E-state index contributed by atoms with van der Waals surface area (Å²) in [5, 5.41) is 13.2. The van der Waals surface area contributed by atoms with Crippen molar-refractivity contribution in [1.82, 2.24) is 0 Å². The average molecular weight is 222 g/mol. The van der Waals surface area contributed by atoms with E-state index < -0.39 is 10.3 Å². The van der Waals surface area contributed by atoms with Gasteiger partial charge in [-0.05, 0) is 6.07 Å². The van der Waals surface area contributed by atoms with Crippen LogP contribution in [0.4, 0.5) is 11.4 Å². The summed E-state index contributed by atoms with van der Waals surface area (Å²) in [5.41, 5.74) is -0.120. The van der Waals surface area contributed by atoms with E-state index in [4.69, 9.17) is 0 Å². The van der Waals surface area contributed by atoms with Crippen molar-refractivity contribution in [3.63, 3.8) is 0 Å². The van der Waals surface area contributed by atoms with E-state index in [1.165, 1.54) is 18.2 Å². The summed E-state index contributed by atoms with van der Waals surface area (Å²) in [6.07, 6.45) is 0. The summed E-state index contributed by atoms with van der Waals surface area (Å²) in [7, 11) is 0. The van der Waals surface area contributed by atoms with E-state index in [2.05, 4.69) is 5.32 Å². The lowest BCUT2D eigenvalue weighted by Crippen LogP contribution is -2.27. The minimum absolute atomic E-state index is 0.0355. The molecule has 0 saturated carbocycles. The molecule has 0 atom stereocenters. The van der Waals surface area contributed by atoms with Crippen molar-refractivity contribution in [3.8, 4) is 0 Å². The summed E-state index contributed by atoms with van der Waals surface area (Å²) >= 11 is 0. The molecule has 5 nitrogen and oxygen atoms in total. The fourth-order valence-electron chi connectivity index (χ4n) is 1.02. The molecule has 5 heteroatoms. The number of non-ortho nitro benzene ring substituents is 1. The fourth-order valence-corrected chi connectivity index (χ4v) is 1.02. The second-order valence-corrected chi connectivity index (χ2v) is 4.51. The molecule has 16 heavy (non-hydrogen) atoms. The Balaban J connectivity index is 2.87. The number of nitro groups is 1. The Kier molecular flexibility index (Phi) is 3.27. The zero-order valence-corrected chi connectivity index (χ0v) is 9.48. The lowest BCUT2D eigenvalue weighted by atomic mass is 9.95. The molecule has 0 bridgehead atoms. The van der Waals surface area contributed by atoms with Crippen molar-refractivity contribution in [2.24, 2.45) is 5.41 Å². The second kappa shape index (κ2) is 4.30. The van der Waals surface area contributed by atoms with Crippen molar-refractivity contribution in [3.05, 3.63) is 34.4 Å². The number of nitro benzene ring substituents is 1. The molecule has 0 aromatic heterocycles.